The number of ether oxygens (including phenoxy) is 1. The Morgan fingerprint density at radius 1 is 0.932 bits per heavy atom. The van der Waals surface area contributed by atoms with Gasteiger partial charge in [0.25, 0.3) is 11.8 Å². The topological polar surface area (TPSA) is 140 Å². The Morgan fingerprint density at radius 3 is 2.14 bits per heavy atom. The first-order valence-corrected chi connectivity index (χ1v) is 14.7. The summed E-state index contributed by atoms with van der Waals surface area (Å²) in [5.74, 6) is -1.23. The van der Waals surface area contributed by atoms with E-state index < -0.39 is 47.1 Å². The SMILES string of the molecule is COC(=O)N[C@H](C(=O)NN(Cc1ccccc1)C[C@](O)(Cc1ccccc1)C(=O)NC1c2ccccc2C[C@H]1O)C(C)(C)C. The number of nitrogens with one attached hydrogen (secondary N) is 3. The lowest BCUT2D eigenvalue weighted by Gasteiger charge is -2.37. The molecule has 5 N–H and O–H groups in total. The minimum atomic E-state index is -2.03. The third-order valence-corrected chi connectivity index (χ3v) is 7.77. The van der Waals surface area contributed by atoms with Crippen molar-refractivity contribution in [2.45, 2.75) is 63.9 Å². The van der Waals surface area contributed by atoms with Crippen LogP contribution in [0.1, 0.15) is 49.1 Å². The van der Waals surface area contributed by atoms with Crippen LogP contribution in [0.15, 0.2) is 84.9 Å². The van der Waals surface area contributed by atoms with Gasteiger partial charge in [0, 0.05) is 19.4 Å². The van der Waals surface area contributed by atoms with E-state index in [0.29, 0.717) is 12.0 Å². The van der Waals surface area contributed by atoms with Crippen LogP contribution in [0.3, 0.4) is 0 Å². The van der Waals surface area contributed by atoms with E-state index in [4.69, 9.17) is 4.74 Å². The number of carbonyl (C=O) groups excluding carboxylic acids is 3. The standard InChI is InChI=1S/C34H42N4O6/c1-33(2,3)29(36-32(42)44-4)30(40)37-38(21-24-15-9-6-10-16-24)22-34(43,20-23-13-7-5-8-14-23)31(41)35-28-26-18-12-11-17-25(26)19-27(28)39/h5-18,27-29,39,43H,19-22H2,1-4H3,(H,35,41)(H,36,42)(H,37,40)/t27-,28?,29-,34-/m1/s1. The number of hydrazine groups is 1. The Morgan fingerprint density at radius 2 is 1.52 bits per heavy atom. The fourth-order valence-electron chi connectivity index (χ4n) is 5.49. The maximum Gasteiger partial charge on any atom is 0.407 e. The van der Waals surface area contributed by atoms with Crippen LogP contribution in [-0.2, 0) is 33.7 Å². The first-order valence-electron chi connectivity index (χ1n) is 14.7. The second-order valence-electron chi connectivity index (χ2n) is 12.4. The largest absolute Gasteiger partial charge is 0.453 e. The summed E-state index contributed by atoms with van der Waals surface area (Å²) in [6, 6.07) is 24.2. The van der Waals surface area contributed by atoms with Crippen LogP contribution in [0.25, 0.3) is 0 Å². The molecule has 3 amide bonds. The van der Waals surface area contributed by atoms with Crippen LogP contribution in [0.2, 0.25) is 0 Å². The van der Waals surface area contributed by atoms with Gasteiger partial charge < -0.3 is 25.6 Å². The fourth-order valence-corrected chi connectivity index (χ4v) is 5.49. The highest BCUT2D eigenvalue weighted by molar-refractivity contribution is 5.87. The minimum Gasteiger partial charge on any atom is -0.453 e. The number of hydrogen-bond donors (Lipinski definition) is 5. The van der Waals surface area contributed by atoms with Crippen molar-refractivity contribution in [3.8, 4) is 0 Å². The van der Waals surface area contributed by atoms with Gasteiger partial charge in [-0.2, -0.15) is 0 Å². The Balaban J connectivity index is 1.66. The molecule has 3 aromatic rings. The Kier molecular flexibility index (Phi) is 10.4. The average Bonchev–Trinajstić information content (AvgIpc) is 3.30. The molecule has 234 valence electrons. The first-order chi connectivity index (χ1) is 20.9. The molecule has 10 heteroatoms. The number of aliphatic hydroxyl groups is 2. The molecule has 0 radical (unpaired) electrons. The number of nitrogens with zero attached hydrogens (tertiary/aromatic N) is 1. The molecule has 0 aromatic heterocycles. The molecule has 0 bridgehead atoms. The van der Waals surface area contributed by atoms with Crippen LogP contribution in [0.5, 0.6) is 0 Å². The zero-order valence-corrected chi connectivity index (χ0v) is 25.6. The molecule has 0 spiro atoms. The first kappa shape index (κ1) is 32.7. The van der Waals surface area contributed by atoms with E-state index in [1.807, 2.05) is 84.9 Å². The van der Waals surface area contributed by atoms with Crippen LogP contribution >= 0.6 is 0 Å². The highest BCUT2D eigenvalue weighted by Gasteiger charge is 2.43. The van der Waals surface area contributed by atoms with Crippen LogP contribution in [0.4, 0.5) is 4.79 Å². The quantitative estimate of drug-likeness (QED) is 0.213. The molecule has 1 aliphatic carbocycles. The molecule has 10 nitrogen and oxygen atoms in total. The van der Waals surface area contributed by atoms with Crippen molar-refractivity contribution in [2.75, 3.05) is 13.7 Å². The summed E-state index contributed by atoms with van der Waals surface area (Å²) in [4.78, 5) is 39.8. The summed E-state index contributed by atoms with van der Waals surface area (Å²) < 4.78 is 4.75. The number of carbonyl (C=O) groups is 3. The van der Waals surface area contributed by atoms with Gasteiger partial charge in [-0.1, -0.05) is 106 Å². The van der Waals surface area contributed by atoms with Gasteiger partial charge in [-0.05, 0) is 27.7 Å². The lowest BCUT2D eigenvalue weighted by molar-refractivity contribution is -0.147. The molecule has 0 fully saturated rings. The van der Waals surface area contributed by atoms with Gasteiger partial charge in [0.2, 0.25) is 0 Å². The molecule has 0 aliphatic heterocycles. The number of aliphatic hydroxyl groups excluding tert-OH is 1. The molecule has 44 heavy (non-hydrogen) atoms. The second-order valence-corrected chi connectivity index (χ2v) is 12.4. The highest BCUT2D eigenvalue weighted by atomic mass is 16.5. The molecule has 0 heterocycles. The smallest absolute Gasteiger partial charge is 0.407 e. The number of benzene rings is 3. The maximum absolute atomic E-state index is 14.0. The summed E-state index contributed by atoms with van der Waals surface area (Å²) >= 11 is 0. The van der Waals surface area contributed by atoms with Crippen molar-refractivity contribution in [2.24, 2.45) is 5.41 Å². The van der Waals surface area contributed by atoms with Crippen molar-refractivity contribution in [3.05, 3.63) is 107 Å². The molecule has 4 rings (SSSR count). The van der Waals surface area contributed by atoms with E-state index in [1.165, 1.54) is 12.1 Å². The second kappa shape index (κ2) is 14.0. The highest BCUT2D eigenvalue weighted by Crippen LogP contribution is 2.32. The zero-order chi connectivity index (χ0) is 31.9. The monoisotopic (exact) mass is 602 g/mol. The molecular weight excluding hydrogens is 560 g/mol. The van der Waals surface area contributed by atoms with E-state index in [1.54, 1.807) is 20.8 Å². The average molecular weight is 603 g/mol. The Labute approximate surface area is 258 Å². The fraction of sp³-hybridized carbons (Fsp3) is 0.382. The number of rotatable bonds is 11. The lowest BCUT2D eigenvalue weighted by Crippen LogP contribution is -2.62. The van der Waals surface area contributed by atoms with Crippen LogP contribution in [0, 0.1) is 5.41 Å². The van der Waals surface area contributed by atoms with Crippen LogP contribution < -0.4 is 16.1 Å². The van der Waals surface area contributed by atoms with Crippen LogP contribution in [-0.4, -0.2) is 64.5 Å². The van der Waals surface area contributed by atoms with E-state index in [-0.39, 0.29) is 19.5 Å². The van der Waals surface area contributed by atoms with Gasteiger partial charge in [-0.25, -0.2) is 9.80 Å². The molecule has 1 unspecified atom stereocenters. The van der Waals surface area contributed by atoms with Gasteiger partial charge in [0.15, 0.2) is 5.60 Å². The van der Waals surface area contributed by atoms with Crippen molar-refractivity contribution in [1.29, 1.82) is 0 Å². The summed E-state index contributed by atoms with van der Waals surface area (Å²) in [6.07, 6.45) is -1.29. The molecule has 3 aromatic carbocycles. The van der Waals surface area contributed by atoms with Gasteiger partial charge >= 0.3 is 6.09 Å². The summed E-state index contributed by atoms with van der Waals surface area (Å²) in [5, 5.41) is 30.0. The number of alkyl carbamates (subject to hydrolysis) is 1. The van der Waals surface area contributed by atoms with Gasteiger partial charge in [-0.15, -0.1) is 0 Å². The normalized spacial score (nSPS) is 18.1. The Hall–Kier alpha value is -4.25. The van der Waals surface area contributed by atoms with Gasteiger partial charge in [-0.3, -0.25) is 15.0 Å². The van der Waals surface area contributed by atoms with Gasteiger partial charge in [0.05, 0.1) is 25.8 Å². The maximum atomic E-state index is 14.0. The van der Waals surface area contributed by atoms with E-state index in [0.717, 1.165) is 16.7 Å². The van der Waals surface area contributed by atoms with Crippen molar-refractivity contribution < 1.29 is 29.3 Å². The minimum absolute atomic E-state index is 0.0611. The summed E-state index contributed by atoms with van der Waals surface area (Å²) in [7, 11) is 1.22. The lowest BCUT2D eigenvalue weighted by atomic mass is 9.86. The molecule has 4 atom stereocenters. The number of fused-ring (bicyclic) bond motifs is 1. The van der Waals surface area contributed by atoms with Crippen molar-refractivity contribution >= 4 is 17.9 Å². The molecular formula is C34H42N4O6. The number of methoxy groups -OCH3 is 1. The third-order valence-electron chi connectivity index (χ3n) is 7.77. The predicted octanol–water partition coefficient (Wildman–Crippen LogP) is 3.04. The van der Waals surface area contributed by atoms with E-state index in [2.05, 4.69) is 16.1 Å². The zero-order valence-electron chi connectivity index (χ0n) is 25.6. The van der Waals surface area contributed by atoms with Gasteiger partial charge in [0.1, 0.15) is 6.04 Å². The molecule has 0 saturated carbocycles. The van der Waals surface area contributed by atoms with Crippen molar-refractivity contribution in [1.82, 2.24) is 21.1 Å². The summed E-state index contributed by atoms with van der Waals surface area (Å²) in [5.41, 5.74) is 3.39. The Bertz CT molecular complexity index is 1430. The van der Waals surface area contributed by atoms with E-state index in [9.17, 15) is 24.6 Å². The van der Waals surface area contributed by atoms with E-state index >= 15 is 0 Å². The summed E-state index contributed by atoms with van der Waals surface area (Å²) in [6.45, 7) is 5.27. The molecule has 1 aliphatic rings. The molecule has 0 saturated heterocycles. The predicted molar refractivity (Wildman–Crippen MR) is 166 cm³/mol. The number of hydrogen-bond acceptors (Lipinski definition) is 7. The third kappa shape index (κ3) is 8.22. The van der Waals surface area contributed by atoms with Crippen molar-refractivity contribution in [3.63, 3.8) is 0 Å². The number of amides is 3.